The lowest BCUT2D eigenvalue weighted by atomic mass is 10.2. The minimum Gasteiger partial charge on any atom is -0.394 e. The molecule has 2 fully saturated rings. The summed E-state index contributed by atoms with van der Waals surface area (Å²) in [6.07, 6.45) is 6.48. The van der Waals surface area contributed by atoms with Gasteiger partial charge in [0.25, 0.3) is 0 Å². The minimum absolute atomic E-state index is 0.127. The van der Waals surface area contributed by atoms with E-state index in [-0.39, 0.29) is 18.6 Å². The van der Waals surface area contributed by atoms with Gasteiger partial charge in [0.1, 0.15) is 5.82 Å². The molecule has 2 aliphatic rings. The van der Waals surface area contributed by atoms with E-state index < -0.39 is 0 Å². The third kappa shape index (κ3) is 3.77. The number of aliphatic hydroxyl groups excluding tert-OH is 1. The van der Waals surface area contributed by atoms with Crippen LogP contribution in [0.4, 0.5) is 11.8 Å². The van der Waals surface area contributed by atoms with Crippen LogP contribution >= 0.6 is 0 Å². The molecule has 0 aromatic carbocycles. The molecule has 3 rings (SSSR count). The van der Waals surface area contributed by atoms with Crippen molar-refractivity contribution in [1.82, 2.24) is 14.9 Å². The Hall–Kier alpha value is -1.89. The molecule has 1 amide bonds. The Morgan fingerprint density at radius 2 is 2.25 bits per heavy atom. The van der Waals surface area contributed by atoms with Crippen LogP contribution in [-0.2, 0) is 4.79 Å². The number of hydrogen-bond donors (Lipinski definition) is 2. The average molecular weight is 333 g/mol. The van der Waals surface area contributed by atoms with E-state index >= 15 is 0 Å². The first-order chi connectivity index (χ1) is 11.7. The van der Waals surface area contributed by atoms with E-state index in [0.717, 1.165) is 63.2 Å². The SMILES string of the molecule is Cc1cnc(N2CCCC2CO)nc1NCCCN1CCCC1=O. The fraction of sp³-hybridized carbons (Fsp3) is 0.706. The first-order valence-corrected chi connectivity index (χ1v) is 8.92. The summed E-state index contributed by atoms with van der Waals surface area (Å²) in [5.41, 5.74) is 1.01. The van der Waals surface area contributed by atoms with Crippen molar-refractivity contribution in [2.24, 2.45) is 0 Å². The van der Waals surface area contributed by atoms with Crippen LogP contribution in [0.5, 0.6) is 0 Å². The summed E-state index contributed by atoms with van der Waals surface area (Å²) in [5, 5.41) is 12.8. The van der Waals surface area contributed by atoms with Gasteiger partial charge >= 0.3 is 0 Å². The Balaban J connectivity index is 1.55. The summed E-state index contributed by atoms with van der Waals surface area (Å²) in [6.45, 7) is 5.51. The van der Waals surface area contributed by atoms with E-state index in [9.17, 15) is 9.90 Å². The number of anilines is 2. The first-order valence-electron chi connectivity index (χ1n) is 8.92. The molecule has 1 aromatic heterocycles. The van der Waals surface area contributed by atoms with Crippen molar-refractivity contribution in [1.29, 1.82) is 0 Å². The number of aliphatic hydroxyl groups is 1. The molecule has 0 saturated carbocycles. The van der Waals surface area contributed by atoms with E-state index in [0.29, 0.717) is 12.4 Å². The summed E-state index contributed by atoms with van der Waals surface area (Å²) in [4.78, 5) is 24.7. The summed E-state index contributed by atoms with van der Waals surface area (Å²) >= 11 is 0. The van der Waals surface area contributed by atoms with Crippen LogP contribution in [-0.4, -0.2) is 64.7 Å². The normalized spacial score (nSPS) is 20.9. The monoisotopic (exact) mass is 333 g/mol. The van der Waals surface area contributed by atoms with E-state index in [2.05, 4.69) is 20.2 Å². The van der Waals surface area contributed by atoms with Crippen molar-refractivity contribution >= 4 is 17.7 Å². The zero-order valence-corrected chi connectivity index (χ0v) is 14.4. The maximum Gasteiger partial charge on any atom is 0.227 e. The molecule has 24 heavy (non-hydrogen) atoms. The van der Waals surface area contributed by atoms with Gasteiger partial charge < -0.3 is 20.2 Å². The molecule has 2 N–H and O–H groups in total. The average Bonchev–Trinajstić information content (AvgIpc) is 3.22. The van der Waals surface area contributed by atoms with E-state index in [1.807, 2.05) is 18.0 Å². The van der Waals surface area contributed by atoms with Crippen LogP contribution in [0, 0.1) is 6.92 Å². The van der Waals surface area contributed by atoms with Crippen molar-refractivity contribution in [3.05, 3.63) is 11.8 Å². The molecule has 0 spiro atoms. The van der Waals surface area contributed by atoms with Gasteiger partial charge in [0.05, 0.1) is 12.6 Å². The predicted molar refractivity (Wildman–Crippen MR) is 93.1 cm³/mol. The standard InChI is InChI=1S/C17H27N5O2/c1-13-11-19-17(22-10-2-5-14(22)12-23)20-16(13)18-7-4-9-21-8-3-6-15(21)24/h11,14,23H,2-10,12H2,1H3,(H,18,19,20). The molecule has 0 aliphatic carbocycles. The largest absolute Gasteiger partial charge is 0.394 e. The molecule has 0 radical (unpaired) electrons. The van der Waals surface area contributed by atoms with Gasteiger partial charge in [0.15, 0.2) is 0 Å². The van der Waals surface area contributed by atoms with Crippen molar-refractivity contribution < 1.29 is 9.90 Å². The summed E-state index contributed by atoms with van der Waals surface area (Å²) < 4.78 is 0. The maximum absolute atomic E-state index is 11.6. The molecule has 1 unspecified atom stereocenters. The Bertz CT molecular complexity index is 580. The van der Waals surface area contributed by atoms with Gasteiger partial charge in [-0.2, -0.15) is 4.98 Å². The first kappa shape index (κ1) is 17.0. The summed E-state index contributed by atoms with van der Waals surface area (Å²) in [5.74, 6) is 1.81. The molecule has 1 atom stereocenters. The molecule has 3 heterocycles. The number of amides is 1. The quantitative estimate of drug-likeness (QED) is 0.729. The minimum atomic E-state index is 0.127. The number of carbonyl (C=O) groups is 1. The molecular weight excluding hydrogens is 306 g/mol. The van der Waals surface area contributed by atoms with Gasteiger partial charge in [-0.25, -0.2) is 4.98 Å². The zero-order chi connectivity index (χ0) is 16.9. The van der Waals surface area contributed by atoms with Gasteiger partial charge in [-0.05, 0) is 32.6 Å². The van der Waals surface area contributed by atoms with Gasteiger partial charge in [-0.3, -0.25) is 4.79 Å². The second kappa shape index (κ2) is 7.79. The van der Waals surface area contributed by atoms with Crippen molar-refractivity contribution in [2.75, 3.05) is 43.0 Å². The summed E-state index contributed by atoms with van der Waals surface area (Å²) in [6, 6.07) is 0.127. The van der Waals surface area contributed by atoms with E-state index in [4.69, 9.17) is 0 Å². The predicted octanol–water partition coefficient (Wildman–Crippen LogP) is 1.17. The van der Waals surface area contributed by atoms with Gasteiger partial charge in [0.2, 0.25) is 11.9 Å². The van der Waals surface area contributed by atoms with Crippen LogP contribution in [0.15, 0.2) is 6.20 Å². The molecule has 0 bridgehead atoms. The molecule has 7 heteroatoms. The van der Waals surface area contributed by atoms with Crippen molar-refractivity contribution in [3.63, 3.8) is 0 Å². The Labute approximate surface area is 143 Å². The number of hydrogen-bond acceptors (Lipinski definition) is 6. The molecule has 132 valence electrons. The van der Waals surface area contributed by atoms with E-state index in [1.165, 1.54) is 0 Å². The molecular formula is C17H27N5O2. The van der Waals surface area contributed by atoms with Crippen LogP contribution in [0.2, 0.25) is 0 Å². The lowest BCUT2D eigenvalue weighted by molar-refractivity contribution is -0.127. The van der Waals surface area contributed by atoms with Crippen LogP contribution in [0.1, 0.15) is 37.7 Å². The van der Waals surface area contributed by atoms with Crippen LogP contribution < -0.4 is 10.2 Å². The zero-order valence-electron chi connectivity index (χ0n) is 14.4. The molecule has 1 aromatic rings. The van der Waals surface area contributed by atoms with Crippen molar-refractivity contribution in [3.8, 4) is 0 Å². The maximum atomic E-state index is 11.6. The number of carbonyl (C=O) groups excluding carboxylic acids is 1. The second-order valence-electron chi connectivity index (χ2n) is 6.64. The fourth-order valence-electron chi connectivity index (χ4n) is 3.46. The number of likely N-dealkylation sites (tertiary alicyclic amines) is 1. The van der Waals surface area contributed by atoms with Gasteiger partial charge in [-0.1, -0.05) is 0 Å². The highest BCUT2D eigenvalue weighted by Crippen LogP contribution is 2.24. The molecule has 2 saturated heterocycles. The van der Waals surface area contributed by atoms with E-state index in [1.54, 1.807) is 0 Å². The number of rotatable bonds is 7. The van der Waals surface area contributed by atoms with Crippen LogP contribution in [0.3, 0.4) is 0 Å². The lowest BCUT2D eigenvalue weighted by Crippen LogP contribution is -2.33. The van der Waals surface area contributed by atoms with Crippen LogP contribution in [0.25, 0.3) is 0 Å². The number of nitrogens with one attached hydrogen (secondary N) is 1. The second-order valence-corrected chi connectivity index (χ2v) is 6.64. The Morgan fingerprint density at radius 3 is 3.00 bits per heavy atom. The third-order valence-corrected chi connectivity index (χ3v) is 4.87. The van der Waals surface area contributed by atoms with Gasteiger partial charge in [-0.15, -0.1) is 0 Å². The van der Waals surface area contributed by atoms with Gasteiger partial charge in [0, 0.05) is 44.4 Å². The Kier molecular flexibility index (Phi) is 5.50. The molecule has 7 nitrogen and oxygen atoms in total. The molecule has 2 aliphatic heterocycles. The lowest BCUT2D eigenvalue weighted by Gasteiger charge is -2.23. The summed E-state index contributed by atoms with van der Waals surface area (Å²) in [7, 11) is 0. The third-order valence-electron chi connectivity index (χ3n) is 4.87. The number of nitrogens with zero attached hydrogens (tertiary/aromatic N) is 4. The highest BCUT2D eigenvalue weighted by atomic mass is 16.3. The highest BCUT2D eigenvalue weighted by molar-refractivity contribution is 5.78. The smallest absolute Gasteiger partial charge is 0.227 e. The topological polar surface area (TPSA) is 81.6 Å². The highest BCUT2D eigenvalue weighted by Gasteiger charge is 2.26. The number of aryl methyl sites for hydroxylation is 1. The Morgan fingerprint density at radius 1 is 1.38 bits per heavy atom. The number of aromatic nitrogens is 2. The fourth-order valence-corrected chi connectivity index (χ4v) is 3.46. The van der Waals surface area contributed by atoms with Crippen molar-refractivity contribution in [2.45, 2.75) is 45.1 Å².